The van der Waals surface area contributed by atoms with Gasteiger partial charge in [0, 0.05) is 38.6 Å². The van der Waals surface area contributed by atoms with Crippen molar-refractivity contribution in [3.05, 3.63) is 22.4 Å². The van der Waals surface area contributed by atoms with E-state index in [1.807, 2.05) is 43.3 Å². The highest BCUT2D eigenvalue weighted by Crippen LogP contribution is 2.26. The van der Waals surface area contributed by atoms with Gasteiger partial charge in [-0.05, 0) is 57.4 Å². The van der Waals surface area contributed by atoms with Crippen LogP contribution in [0.1, 0.15) is 55.6 Å². The Kier molecular flexibility index (Phi) is 6.75. The fourth-order valence-electron chi connectivity index (χ4n) is 4.07. The fraction of sp³-hybridized carbons (Fsp3) is 0.667. The fourth-order valence-corrected chi connectivity index (χ4v) is 4.75. The van der Waals surface area contributed by atoms with Crippen LogP contribution < -0.4 is 0 Å². The molecule has 154 valence electrons. The van der Waals surface area contributed by atoms with Crippen LogP contribution in [-0.2, 0) is 9.59 Å². The molecule has 2 aliphatic heterocycles. The molecule has 0 aromatic carbocycles. The first-order valence-electron chi connectivity index (χ1n) is 10.3. The van der Waals surface area contributed by atoms with E-state index in [1.165, 1.54) is 11.3 Å². The van der Waals surface area contributed by atoms with Crippen molar-refractivity contribution in [3.8, 4) is 0 Å². The highest BCUT2D eigenvalue weighted by molar-refractivity contribution is 7.12. The average Bonchev–Trinajstić information content (AvgIpc) is 3.26. The number of carbonyl (C=O) groups excluding carboxylic acids is 3. The molecule has 3 rings (SSSR count). The Morgan fingerprint density at radius 3 is 2.43 bits per heavy atom. The number of carbonyl (C=O) groups is 3. The summed E-state index contributed by atoms with van der Waals surface area (Å²) in [5.74, 6) is 0.185. The van der Waals surface area contributed by atoms with Crippen molar-refractivity contribution < 1.29 is 14.4 Å². The minimum absolute atomic E-state index is 0.00772. The Morgan fingerprint density at radius 1 is 1.11 bits per heavy atom. The van der Waals surface area contributed by atoms with E-state index in [0.29, 0.717) is 37.4 Å². The van der Waals surface area contributed by atoms with Gasteiger partial charge in [-0.3, -0.25) is 14.4 Å². The molecule has 0 aliphatic carbocycles. The highest BCUT2D eigenvalue weighted by Gasteiger charge is 2.37. The number of hydrogen-bond acceptors (Lipinski definition) is 4. The molecule has 0 spiro atoms. The minimum Gasteiger partial charge on any atom is -0.343 e. The number of hydrogen-bond donors (Lipinski definition) is 0. The summed E-state index contributed by atoms with van der Waals surface area (Å²) in [6.07, 6.45) is 4.04. The van der Waals surface area contributed by atoms with E-state index in [1.54, 1.807) is 9.80 Å². The van der Waals surface area contributed by atoms with Crippen molar-refractivity contribution in [1.29, 1.82) is 0 Å². The van der Waals surface area contributed by atoms with Crippen molar-refractivity contribution in [3.63, 3.8) is 0 Å². The second-order valence-electron chi connectivity index (χ2n) is 8.13. The van der Waals surface area contributed by atoms with Gasteiger partial charge < -0.3 is 14.7 Å². The van der Waals surface area contributed by atoms with Crippen LogP contribution in [0.3, 0.4) is 0 Å². The lowest BCUT2D eigenvalue weighted by molar-refractivity contribution is -0.143. The summed E-state index contributed by atoms with van der Waals surface area (Å²) in [6, 6.07) is 3.51. The van der Waals surface area contributed by atoms with Gasteiger partial charge in [-0.25, -0.2) is 0 Å². The van der Waals surface area contributed by atoms with Crippen LogP contribution in [0.4, 0.5) is 0 Å². The van der Waals surface area contributed by atoms with Crippen molar-refractivity contribution >= 4 is 29.1 Å². The van der Waals surface area contributed by atoms with Crippen molar-refractivity contribution in [2.45, 2.75) is 58.0 Å². The molecule has 7 heteroatoms. The second kappa shape index (κ2) is 9.07. The van der Waals surface area contributed by atoms with Crippen LogP contribution >= 0.6 is 11.3 Å². The standard InChI is InChI=1S/C21H31N3O3S/c1-15(2)22(3)19(25)16-9-12-23(13-10-16)20(26)17-7-4-5-11-24(17)21(27)18-8-6-14-28-18/h6,8,14-17H,4-5,7,9-13H2,1-3H3. The first-order valence-corrected chi connectivity index (χ1v) is 11.2. The molecule has 0 saturated carbocycles. The van der Waals surface area contributed by atoms with Gasteiger partial charge in [0.15, 0.2) is 0 Å². The largest absolute Gasteiger partial charge is 0.343 e. The predicted molar refractivity (Wildman–Crippen MR) is 110 cm³/mol. The Bertz CT molecular complexity index is 696. The van der Waals surface area contributed by atoms with Gasteiger partial charge >= 0.3 is 0 Å². The van der Waals surface area contributed by atoms with Gasteiger partial charge in [0.05, 0.1) is 4.88 Å². The van der Waals surface area contributed by atoms with E-state index in [9.17, 15) is 14.4 Å². The zero-order chi connectivity index (χ0) is 20.3. The van der Waals surface area contributed by atoms with Crippen LogP contribution in [-0.4, -0.2) is 71.2 Å². The molecule has 0 N–H and O–H groups in total. The van der Waals surface area contributed by atoms with Crippen molar-refractivity contribution in [2.24, 2.45) is 5.92 Å². The third-order valence-corrected chi connectivity index (χ3v) is 6.92. The summed E-state index contributed by atoms with van der Waals surface area (Å²) in [5.41, 5.74) is 0. The monoisotopic (exact) mass is 405 g/mol. The number of likely N-dealkylation sites (tertiary alicyclic amines) is 2. The molecule has 2 aliphatic rings. The van der Waals surface area contributed by atoms with E-state index in [-0.39, 0.29) is 35.7 Å². The van der Waals surface area contributed by atoms with E-state index in [0.717, 1.165) is 19.3 Å². The maximum absolute atomic E-state index is 13.2. The Balaban J connectivity index is 1.62. The Labute approximate surface area is 171 Å². The van der Waals surface area contributed by atoms with Crippen LogP contribution in [0.2, 0.25) is 0 Å². The van der Waals surface area contributed by atoms with Crippen molar-refractivity contribution in [1.82, 2.24) is 14.7 Å². The molecule has 1 aromatic rings. The zero-order valence-electron chi connectivity index (χ0n) is 17.1. The Morgan fingerprint density at radius 2 is 1.82 bits per heavy atom. The molecule has 3 heterocycles. The molecule has 2 saturated heterocycles. The molecule has 1 atom stereocenters. The molecule has 1 unspecified atom stereocenters. The van der Waals surface area contributed by atoms with Gasteiger partial charge in [-0.15, -0.1) is 11.3 Å². The van der Waals surface area contributed by atoms with Gasteiger partial charge in [-0.1, -0.05) is 6.07 Å². The SMILES string of the molecule is CC(C)N(C)C(=O)C1CCN(C(=O)C2CCCCN2C(=O)c2cccs2)CC1. The lowest BCUT2D eigenvalue weighted by Gasteiger charge is -2.40. The Hall–Kier alpha value is -1.89. The summed E-state index contributed by atoms with van der Waals surface area (Å²) < 4.78 is 0. The molecule has 0 bridgehead atoms. The molecular weight excluding hydrogens is 374 g/mol. The van der Waals surface area contributed by atoms with Crippen LogP contribution in [0, 0.1) is 5.92 Å². The van der Waals surface area contributed by atoms with Gasteiger partial charge in [0.25, 0.3) is 5.91 Å². The third kappa shape index (κ3) is 4.40. The van der Waals surface area contributed by atoms with Crippen LogP contribution in [0.15, 0.2) is 17.5 Å². The summed E-state index contributed by atoms with van der Waals surface area (Å²) >= 11 is 1.42. The van der Waals surface area contributed by atoms with Crippen LogP contribution in [0.5, 0.6) is 0 Å². The number of amides is 3. The first kappa shape index (κ1) is 20.8. The maximum atomic E-state index is 13.2. The van der Waals surface area contributed by atoms with Gasteiger partial charge in [-0.2, -0.15) is 0 Å². The molecular formula is C21H31N3O3S. The molecule has 1 aromatic heterocycles. The first-order chi connectivity index (χ1) is 13.4. The maximum Gasteiger partial charge on any atom is 0.264 e. The lowest BCUT2D eigenvalue weighted by Crippen LogP contribution is -2.55. The topological polar surface area (TPSA) is 60.9 Å². The van der Waals surface area contributed by atoms with E-state index in [2.05, 4.69) is 0 Å². The highest BCUT2D eigenvalue weighted by atomic mass is 32.1. The van der Waals surface area contributed by atoms with Crippen LogP contribution in [0.25, 0.3) is 0 Å². The molecule has 2 fully saturated rings. The number of nitrogens with zero attached hydrogens (tertiary/aromatic N) is 3. The second-order valence-corrected chi connectivity index (χ2v) is 9.08. The average molecular weight is 406 g/mol. The summed E-state index contributed by atoms with van der Waals surface area (Å²) in [6.45, 7) is 5.86. The smallest absolute Gasteiger partial charge is 0.264 e. The lowest BCUT2D eigenvalue weighted by atomic mass is 9.93. The predicted octanol–water partition coefficient (Wildman–Crippen LogP) is 2.85. The van der Waals surface area contributed by atoms with Gasteiger partial charge in [0.2, 0.25) is 11.8 Å². The molecule has 0 radical (unpaired) electrons. The minimum atomic E-state index is -0.367. The summed E-state index contributed by atoms with van der Waals surface area (Å²) in [5, 5.41) is 1.89. The quantitative estimate of drug-likeness (QED) is 0.774. The number of thiophene rings is 1. The molecule has 6 nitrogen and oxygen atoms in total. The van der Waals surface area contributed by atoms with E-state index in [4.69, 9.17) is 0 Å². The zero-order valence-corrected chi connectivity index (χ0v) is 17.9. The van der Waals surface area contributed by atoms with E-state index >= 15 is 0 Å². The third-order valence-electron chi connectivity index (χ3n) is 6.06. The van der Waals surface area contributed by atoms with E-state index < -0.39 is 0 Å². The summed E-state index contributed by atoms with van der Waals surface area (Å²) in [7, 11) is 1.85. The van der Waals surface area contributed by atoms with Crippen molar-refractivity contribution in [2.75, 3.05) is 26.7 Å². The molecule has 28 heavy (non-hydrogen) atoms. The normalized spacial score (nSPS) is 21.1. The summed E-state index contributed by atoms with van der Waals surface area (Å²) in [4.78, 5) is 44.7. The number of rotatable bonds is 4. The van der Waals surface area contributed by atoms with Gasteiger partial charge in [0.1, 0.15) is 6.04 Å². The number of piperidine rings is 2. The molecule has 3 amide bonds.